The Hall–Kier alpha value is -1.05. The third-order valence-corrected chi connectivity index (χ3v) is 5.43. The summed E-state index contributed by atoms with van der Waals surface area (Å²) in [6.07, 6.45) is 7.85. The van der Waals surface area contributed by atoms with Crippen LogP contribution in [0.3, 0.4) is 0 Å². The maximum atomic E-state index is 11.7. The lowest BCUT2D eigenvalue weighted by Crippen LogP contribution is -2.39. The predicted molar refractivity (Wildman–Crippen MR) is 72.7 cm³/mol. The quantitative estimate of drug-likeness (QED) is 0.620. The molecule has 3 N–H and O–H groups in total. The van der Waals surface area contributed by atoms with Gasteiger partial charge in [-0.3, -0.25) is 5.84 Å². The van der Waals surface area contributed by atoms with E-state index in [4.69, 9.17) is 5.84 Å². The van der Waals surface area contributed by atoms with Gasteiger partial charge in [-0.15, -0.1) is 0 Å². The van der Waals surface area contributed by atoms with Crippen LogP contribution in [0.1, 0.15) is 37.5 Å². The van der Waals surface area contributed by atoms with E-state index in [1.807, 2.05) is 0 Å². The predicted octanol–water partition coefficient (Wildman–Crippen LogP) is 0.584. The van der Waals surface area contributed by atoms with E-state index < -0.39 is 9.84 Å². The smallest absolute Gasteiger partial charge is 0.150 e. The molecule has 0 spiro atoms. The Morgan fingerprint density at radius 2 is 2.05 bits per heavy atom. The van der Waals surface area contributed by atoms with Crippen molar-refractivity contribution < 1.29 is 8.42 Å². The van der Waals surface area contributed by atoms with Gasteiger partial charge in [0.2, 0.25) is 0 Å². The molecule has 1 aliphatic rings. The van der Waals surface area contributed by atoms with Crippen molar-refractivity contribution in [3.63, 3.8) is 0 Å². The molecule has 1 heterocycles. The number of nitrogens with zero attached hydrogens (tertiary/aromatic N) is 2. The van der Waals surface area contributed by atoms with Gasteiger partial charge in [0.15, 0.2) is 0 Å². The molecule has 1 aromatic rings. The Labute approximate surface area is 113 Å². The summed E-state index contributed by atoms with van der Waals surface area (Å²) in [4.78, 5) is 8.42. The van der Waals surface area contributed by atoms with Crippen molar-refractivity contribution >= 4 is 9.84 Å². The van der Waals surface area contributed by atoms with Crippen molar-refractivity contribution in [2.75, 3.05) is 6.26 Å². The van der Waals surface area contributed by atoms with Crippen molar-refractivity contribution in [1.29, 1.82) is 0 Å². The largest absolute Gasteiger partial charge is 0.271 e. The van der Waals surface area contributed by atoms with Gasteiger partial charge < -0.3 is 0 Å². The van der Waals surface area contributed by atoms with Crippen molar-refractivity contribution in [1.82, 2.24) is 15.4 Å². The molecule has 106 valence electrons. The summed E-state index contributed by atoms with van der Waals surface area (Å²) in [6, 6.07) is 1.56. The molecule has 0 aliphatic heterocycles. The van der Waals surface area contributed by atoms with Crippen LogP contribution < -0.4 is 11.3 Å². The first kappa shape index (κ1) is 14.4. The minimum absolute atomic E-state index is 0.154. The molecular weight excluding hydrogens is 264 g/mol. The highest BCUT2D eigenvalue weighted by Crippen LogP contribution is 2.35. The Balaban J connectivity index is 2.15. The molecule has 19 heavy (non-hydrogen) atoms. The molecule has 2 rings (SSSR count). The van der Waals surface area contributed by atoms with Gasteiger partial charge in [0, 0.05) is 18.6 Å². The third-order valence-electron chi connectivity index (χ3n) is 3.79. The molecule has 0 saturated heterocycles. The maximum Gasteiger partial charge on any atom is 0.150 e. The molecule has 1 aromatic heterocycles. The van der Waals surface area contributed by atoms with Gasteiger partial charge >= 0.3 is 0 Å². The highest BCUT2D eigenvalue weighted by atomic mass is 32.2. The molecule has 0 aromatic carbocycles. The fourth-order valence-electron chi connectivity index (χ4n) is 2.77. The van der Waals surface area contributed by atoms with E-state index in [0.717, 1.165) is 19.3 Å². The first-order valence-corrected chi connectivity index (χ1v) is 8.39. The zero-order valence-electron chi connectivity index (χ0n) is 11.0. The van der Waals surface area contributed by atoms with Crippen molar-refractivity contribution in [2.45, 2.75) is 37.0 Å². The van der Waals surface area contributed by atoms with E-state index in [1.54, 1.807) is 18.5 Å². The molecule has 1 aliphatic carbocycles. The van der Waals surface area contributed by atoms with Gasteiger partial charge in [0.05, 0.1) is 11.3 Å². The second-order valence-electron chi connectivity index (χ2n) is 5.13. The first-order chi connectivity index (χ1) is 9.02. The zero-order valence-corrected chi connectivity index (χ0v) is 11.8. The van der Waals surface area contributed by atoms with Gasteiger partial charge in [0.1, 0.15) is 15.7 Å². The van der Waals surface area contributed by atoms with Gasteiger partial charge in [0.25, 0.3) is 0 Å². The minimum Gasteiger partial charge on any atom is -0.271 e. The van der Waals surface area contributed by atoms with E-state index in [9.17, 15) is 8.42 Å². The van der Waals surface area contributed by atoms with Crippen LogP contribution in [-0.4, -0.2) is 29.9 Å². The third kappa shape index (κ3) is 3.49. The summed E-state index contributed by atoms with van der Waals surface area (Å²) in [5.41, 5.74) is 2.74. The van der Waals surface area contributed by atoms with Crippen LogP contribution in [0.4, 0.5) is 0 Å². The monoisotopic (exact) mass is 284 g/mol. The number of hydrogen-bond donors (Lipinski definition) is 2. The fourth-order valence-corrected chi connectivity index (χ4v) is 3.96. The molecule has 0 amide bonds. The van der Waals surface area contributed by atoms with Crippen LogP contribution in [0.2, 0.25) is 0 Å². The summed E-state index contributed by atoms with van der Waals surface area (Å²) < 4.78 is 23.4. The fraction of sp³-hybridized carbons (Fsp3) is 0.667. The van der Waals surface area contributed by atoms with Crippen LogP contribution in [-0.2, 0) is 9.84 Å². The number of hydrogen-bond acceptors (Lipinski definition) is 6. The van der Waals surface area contributed by atoms with Gasteiger partial charge in [-0.25, -0.2) is 23.8 Å². The summed E-state index contributed by atoms with van der Waals surface area (Å²) in [6.45, 7) is 0. The second kappa shape index (κ2) is 5.94. The highest BCUT2D eigenvalue weighted by molar-refractivity contribution is 7.91. The summed E-state index contributed by atoms with van der Waals surface area (Å²) in [7, 11) is -2.99. The SMILES string of the molecule is CS(=O)(=O)C1CCCC(C(NN)c2ncccn2)C1. The summed E-state index contributed by atoms with van der Waals surface area (Å²) >= 11 is 0. The minimum atomic E-state index is -2.99. The van der Waals surface area contributed by atoms with E-state index in [-0.39, 0.29) is 17.2 Å². The highest BCUT2D eigenvalue weighted by Gasteiger charge is 2.34. The normalized spacial score (nSPS) is 26.0. The molecule has 0 radical (unpaired) electrons. The van der Waals surface area contributed by atoms with Gasteiger partial charge in [-0.2, -0.15) is 0 Å². The van der Waals surface area contributed by atoms with Crippen LogP contribution in [0.5, 0.6) is 0 Å². The van der Waals surface area contributed by atoms with Crippen molar-refractivity contribution in [2.24, 2.45) is 11.8 Å². The van der Waals surface area contributed by atoms with Crippen molar-refractivity contribution in [3.8, 4) is 0 Å². The van der Waals surface area contributed by atoms with E-state index in [1.165, 1.54) is 6.26 Å². The molecule has 1 saturated carbocycles. The first-order valence-electron chi connectivity index (χ1n) is 6.44. The topological polar surface area (TPSA) is 98.0 Å². The van der Waals surface area contributed by atoms with Crippen LogP contribution in [0.15, 0.2) is 18.5 Å². The average Bonchev–Trinajstić information content (AvgIpc) is 2.40. The van der Waals surface area contributed by atoms with E-state index in [0.29, 0.717) is 12.2 Å². The van der Waals surface area contributed by atoms with E-state index >= 15 is 0 Å². The molecular formula is C12H20N4O2S. The molecule has 3 atom stereocenters. The van der Waals surface area contributed by atoms with Crippen LogP contribution in [0.25, 0.3) is 0 Å². The molecule has 6 nitrogen and oxygen atoms in total. The van der Waals surface area contributed by atoms with Crippen LogP contribution >= 0.6 is 0 Å². The Morgan fingerprint density at radius 1 is 1.37 bits per heavy atom. The average molecular weight is 284 g/mol. The number of nitrogens with two attached hydrogens (primary N) is 1. The van der Waals surface area contributed by atoms with Crippen LogP contribution in [0, 0.1) is 5.92 Å². The number of hydrazine groups is 1. The number of sulfone groups is 1. The lowest BCUT2D eigenvalue weighted by atomic mass is 9.83. The lowest BCUT2D eigenvalue weighted by Gasteiger charge is -2.32. The molecule has 7 heteroatoms. The second-order valence-corrected chi connectivity index (χ2v) is 7.46. The summed E-state index contributed by atoms with van der Waals surface area (Å²) in [5, 5.41) is -0.272. The number of rotatable bonds is 4. The summed E-state index contributed by atoms with van der Waals surface area (Å²) in [5.74, 6) is 6.39. The van der Waals surface area contributed by atoms with E-state index in [2.05, 4.69) is 15.4 Å². The number of aromatic nitrogens is 2. The Kier molecular flexibility index (Phi) is 4.49. The maximum absolute atomic E-state index is 11.7. The lowest BCUT2D eigenvalue weighted by molar-refractivity contribution is 0.266. The standard InChI is InChI=1S/C12H20N4O2S/c1-19(17,18)10-5-2-4-9(8-10)11(16-13)12-14-6-3-7-15-12/h3,6-7,9-11,16H,2,4-5,8,13H2,1H3. The zero-order chi connectivity index (χ0) is 13.9. The van der Waals surface area contributed by atoms with Gasteiger partial charge in [-0.05, 0) is 31.2 Å². The molecule has 0 bridgehead atoms. The molecule has 1 fully saturated rings. The Bertz CT molecular complexity index is 506. The number of nitrogens with one attached hydrogen (secondary N) is 1. The Morgan fingerprint density at radius 3 is 2.63 bits per heavy atom. The molecule has 3 unspecified atom stereocenters. The van der Waals surface area contributed by atoms with Gasteiger partial charge in [-0.1, -0.05) is 6.42 Å². The van der Waals surface area contributed by atoms with Crippen molar-refractivity contribution in [3.05, 3.63) is 24.3 Å².